The van der Waals surface area contributed by atoms with Gasteiger partial charge in [-0.2, -0.15) is 0 Å². The Kier molecular flexibility index (Phi) is 5.36. The highest BCUT2D eigenvalue weighted by atomic mass is 16.5. The predicted octanol–water partition coefficient (Wildman–Crippen LogP) is -1.25. The molecule has 0 aromatic rings. The van der Waals surface area contributed by atoms with Crippen LogP contribution in [-0.4, -0.2) is 69.3 Å². The number of urea groups is 1. The molecule has 0 aromatic heterocycles. The van der Waals surface area contributed by atoms with Crippen LogP contribution in [0.1, 0.15) is 6.92 Å². The summed E-state index contributed by atoms with van der Waals surface area (Å²) in [7, 11) is 3.32. The maximum Gasteiger partial charge on any atom is 0.316 e. The number of rotatable bonds is 6. The van der Waals surface area contributed by atoms with E-state index < -0.39 is 0 Å². The van der Waals surface area contributed by atoms with Crippen LogP contribution in [0.2, 0.25) is 0 Å². The lowest BCUT2D eigenvalue weighted by Gasteiger charge is -2.38. The normalized spacial score (nSPS) is 16.6. The Labute approximate surface area is 107 Å². The molecule has 3 N–H and O–H groups in total. The Bertz CT molecular complexity index is 303. The van der Waals surface area contributed by atoms with E-state index in [-0.39, 0.29) is 24.1 Å². The number of hydrogen-bond donors (Lipinski definition) is 3. The molecule has 1 fully saturated rings. The van der Waals surface area contributed by atoms with E-state index in [0.717, 1.165) is 13.1 Å². The van der Waals surface area contributed by atoms with Gasteiger partial charge in [-0.15, -0.1) is 0 Å². The zero-order valence-corrected chi connectivity index (χ0v) is 11.2. The number of carbonyl (C=O) groups excluding carboxylic acids is 2. The highest BCUT2D eigenvalue weighted by Gasteiger charge is 2.32. The first-order valence-electron chi connectivity index (χ1n) is 5.99. The molecule has 0 bridgehead atoms. The Morgan fingerprint density at radius 3 is 2.39 bits per heavy atom. The van der Waals surface area contributed by atoms with Gasteiger partial charge in [0.05, 0.1) is 5.60 Å². The summed E-state index contributed by atoms with van der Waals surface area (Å²) >= 11 is 0. The first kappa shape index (κ1) is 14.7. The first-order valence-corrected chi connectivity index (χ1v) is 5.99. The molecule has 3 amide bonds. The topological polar surface area (TPSA) is 82.7 Å². The maximum atomic E-state index is 11.4. The molecule has 0 atom stereocenters. The lowest BCUT2D eigenvalue weighted by atomic mass is 10.0. The number of hydrogen-bond acceptors (Lipinski definition) is 4. The van der Waals surface area contributed by atoms with Crippen LogP contribution in [0, 0.1) is 0 Å². The maximum absolute atomic E-state index is 11.4. The van der Waals surface area contributed by atoms with Crippen molar-refractivity contribution in [1.29, 1.82) is 0 Å². The minimum atomic E-state index is -0.212. The second-order valence-corrected chi connectivity index (χ2v) is 4.82. The summed E-state index contributed by atoms with van der Waals surface area (Å²) in [6, 6.07) is -0.173. The predicted molar refractivity (Wildman–Crippen MR) is 67.3 cm³/mol. The van der Waals surface area contributed by atoms with Crippen LogP contribution in [0.4, 0.5) is 4.79 Å². The Balaban J connectivity index is 2.01. The molecule has 0 unspecified atom stereocenters. The number of nitrogens with one attached hydrogen (secondary N) is 3. The van der Waals surface area contributed by atoms with E-state index in [2.05, 4.69) is 16.0 Å². The standard InChI is InChI=1S/C11H22N4O3/c1-11(7-12-8-11)18-6-9(16)13-4-5-14-10(17)15(2)3/h12H,4-8H2,1-3H3,(H,13,16)(H,14,17). The van der Waals surface area contributed by atoms with Gasteiger partial charge in [0.1, 0.15) is 6.61 Å². The van der Waals surface area contributed by atoms with Gasteiger partial charge in [0.2, 0.25) is 5.91 Å². The summed E-state index contributed by atoms with van der Waals surface area (Å²) in [6.07, 6.45) is 0. The third-order valence-electron chi connectivity index (χ3n) is 2.68. The van der Waals surface area contributed by atoms with Gasteiger partial charge in [-0.05, 0) is 6.92 Å². The Morgan fingerprint density at radius 1 is 1.28 bits per heavy atom. The summed E-state index contributed by atoms with van der Waals surface area (Å²) in [4.78, 5) is 24.0. The van der Waals surface area contributed by atoms with Gasteiger partial charge < -0.3 is 25.6 Å². The van der Waals surface area contributed by atoms with Crippen molar-refractivity contribution in [2.75, 3.05) is 46.9 Å². The molecule has 0 aromatic carbocycles. The van der Waals surface area contributed by atoms with E-state index in [4.69, 9.17) is 4.74 Å². The summed E-state index contributed by atoms with van der Waals surface area (Å²) in [5.41, 5.74) is -0.212. The summed E-state index contributed by atoms with van der Waals surface area (Å²) < 4.78 is 5.47. The minimum absolute atomic E-state index is 0.0554. The molecular weight excluding hydrogens is 236 g/mol. The van der Waals surface area contributed by atoms with Gasteiger partial charge in [0.15, 0.2) is 0 Å². The molecule has 0 aliphatic carbocycles. The molecule has 7 nitrogen and oxygen atoms in total. The number of nitrogens with zero attached hydrogens (tertiary/aromatic N) is 1. The Morgan fingerprint density at radius 2 is 1.89 bits per heavy atom. The van der Waals surface area contributed by atoms with E-state index in [0.29, 0.717) is 13.1 Å². The van der Waals surface area contributed by atoms with Gasteiger partial charge in [0.25, 0.3) is 0 Å². The van der Waals surface area contributed by atoms with Crippen molar-refractivity contribution in [1.82, 2.24) is 20.9 Å². The molecule has 0 spiro atoms. The highest BCUT2D eigenvalue weighted by molar-refractivity contribution is 5.77. The van der Waals surface area contributed by atoms with Gasteiger partial charge >= 0.3 is 6.03 Å². The van der Waals surface area contributed by atoms with Crippen LogP contribution in [0.5, 0.6) is 0 Å². The average Bonchev–Trinajstić information content (AvgIpc) is 2.29. The molecule has 1 heterocycles. The molecule has 1 aliphatic heterocycles. The zero-order chi connectivity index (χ0) is 13.6. The minimum Gasteiger partial charge on any atom is -0.363 e. The second kappa shape index (κ2) is 6.55. The third-order valence-corrected chi connectivity index (χ3v) is 2.68. The second-order valence-electron chi connectivity index (χ2n) is 4.82. The molecule has 18 heavy (non-hydrogen) atoms. The highest BCUT2D eigenvalue weighted by Crippen LogP contribution is 2.14. The SMILES string of the molecule is CN(C)C(=O)NCCNC(=O)COC1(C)CNC1. The monoisotopic (exact) mass is 258 g/mol. The van der Waals surface area contributed by atoms with E-state index in [1.807, 2.05) is 6.92 Å². The van der Waals surface area contributed by atoms with Crippen molar-refractivity contribution >= 4 is 11.9 Å². The fourth-order valence-corrected chi connectivity index (χ4v) is 1.40. The fraction of sp³-hybridized carbons (Fsp3) is 0.818. The van der Waals surface area contributed by atoms with Gasteiger partial charge in [-0.25, -0.2) is 4.79 Å². The van der Waals surface area contributed by atoms with Gasteiger partial charge in [-0.1, -0.05) is 0 Å². The number of amides is 3. The van der Waals surface area contributed by atoms with E-state index in [1.54, 1.807) is 14.1 Å². The molecule has 1 rings (SSSR count). The van der Waals surface area contributed by atoms with Crippen molar-refractivity contribution in [3.63, 3.8) is 0 Å². The van der Waals surface area contributed by atoms with Crippen molar-refractivity contribution in [2.45, 2.75) is 12.5 Å². The van der Waals surface area contributed by atoms with Crippen LogP contribution in [-0.2, 0) is 9.53 Å². The molecule has 0 saturated carbocycles. The summed E-state index contributed by atoms with van der Waals surface area (Å²) in [5.74, 6) is -0.165. The molecule has 7 heteroatoms. The Hall–Kier alpha value is -1.34. The molecule has 1 aliphatic rings. The van der Waals surface area contributed by atoms with E-state index in [1.165, 1.54) is 4.90 Å². The van der Waals surface area contributed by atoms with Crippen LogP contribution in [0.25, 0.3) is 0 Å². The van der Waals surface area contributed by atoms with E-state index >= 15 is 0 Å². The van der Waals surface area contributed by atoms with Crippen LogP contribution >= 0.6 is 0 Å². The van der Waals surface area contributed by atoms with Crippen molar-refractivity contribution in [3.8, 4) is 0 Å². The number of ether oxygens (including phenoxy) is 1. The first-order chi connectivity index (χ1) is 8.43. The quantitative estimate of drug-likeness (QED) is 0.520. The fourth-order valence-electron chi connectivity index (χ4n) is 1.40. The molecule has 1 saturated heterocycles. The van der Waals surface area contributed by atoms with E-state index in [9.17, 15) is 9.59 Å². The van der Waals surface area contributed by atoms with Gasteiger partial charge in [-0.3, -0.25) is 4.79 Å². The molecule has 104 valence electrons. The lowest BCUT2D eigenvalue weighted by molar-refractivity contribution is -0.135. The zero-order valence-electron chi connectivity index (χ0n) is 11.2. The van der Waals surface area contributed by atoms with Crippen molar-refractivity contribution < 1.29 is 14.3 Å². The summed E-state index contributed by atoms with van der Waals surface area (Å²) in [6.45, 7) is 4.38. The summed E-state index contributed by atoms with van der Waals surface area (Å²) in [5, 5.41) is 8.43. The van der Waals surface area contributed by atoms with Gasteiger partial charge in [0, 0.05) is 40.3 Å². The lowest BCUT2D eigenvalue weighted by Crippen LogP contribution is -2.59. The van der Waals surface area contributed by atoms with Crippen molar-refractivity contribution in [3.05, 3.63) is 0 Å². The van der Waals surface area contributed by atoms with Crippen LogP contribution in [0.3, 0.4) is 0 Å². The smallest absolute Gasteiger partial charge is 0.316 e. The largest absolute Gasteiger partial charge is 0.363 e. The number of carbonyl (C=O) groups is 2. The molecular formula is C11H22N4O3. The third kappa shape index (κ3) is 4.89. The average molecular weight is 258 g/mol. The van der Waals surface area contributed by atoms with Crippen LogP contribution < -0.4 is 16.0 Å². The molecule has 0 radical (unpaired) electrons. The van der Waals surface area contributed by atoms with Crippen molar-refractivity contribution in [2.24, 2.45) is 0 Å². The van der Waals surface area contributed by atoms with Crippen LogP contribution in [0.15, 0.2) is 0 Å².